The lowest BCUT2D eigenvalue weighted by Gasteiger charge is -2.02. The Labute approximate surface area is 171 Å². The van der Waals surface area contributed by atoms with Crippen molar-refractivity contribution >= 4 is 17.4 Å². The van der Waals surface area contributed by atoms with Crippen molar-refractivity contribution in [2.75, 3.05) is 6.54 Å². The van der Waals surface area contributed by atoms with Crippen molar-refractivity contribution in [1.82, 2.24) is 5.32 Å². The molecule has 1 amide bonds. The fourth-order valence-corrected chi connectivity index (χ4v) is 1.68. The van der Waals surface area contributed by atoms with Crippen LogP contribution in [-0.4, -0.2) is 18.2 Å². The minimum atomic E-state index is -0.0961. The lowest BCUT2D eigenvalue weighted by Crippen LogP contribution is -2.21. The van der Waals surface area contributed by atoms with Crippen molar-refractivity contribution in [3.05, 3.63) is 40.3 Å². The molecule has 0 aliphatic heterocycles. The van der Waals surface area contributed by atoms with Gasteiger partial charge in [0, 0.05) is 36.1 Å². The average molecular weight is 382 g/mol. The minimum absolute atomic E-state index is 0.00726. The number of Topliss-reactive ketones (excluding diaryl/α,β-unsaturated/α-hetero) is 1. The molecule has 0 fully saturated rings. The van der Waals surface area contributed by atoms with Crippen molar-refractivity contribution in [2.45, 2.75) is 26.7 Å². The van der Waals surface area contributed by atoms with Crippen LogP contribution in [0.4, 0.5) is 5.69 Å². The van der Waals surface area contributed by atoms with E-state index in [2.05, 4.69) is 68.6 Å². The summed E-state index contributed by atoms with van der Waals surface area (Å²) < 4.78 is 0. The summed E-state index contributed by atoms with van der Waals surface area (Å²) >= 11 is 0. The number of nitrogens with one attached hydrogen (secondary N) is 1. The molecular formula is C23H18N4O2. The number of ketones is 1. The van der Waals surface area contributed by atoms with Crippen LogP contribution in [0.3, 0.4) is 0 Å². The number of rotatable bonds is 6. The zero-order valence-electron chi connectivity index (χ0n) is 16.2. The molecule has 0 radical (unpaired) electrons. The first kappa shape index (κ1) is 24.5. The maximum Gasteiger partial charge on any atom is 0.216 e. The first-order chi connectivity index (χ1) is 14.0. The molecule has 0 heterocycles. The third kappa shape index (κ3) is 14.3. The van der Waals surface area contributed by atoms with Gasteiger partial charge in [-0.25, -0.2) is 0 Å². The molecule has 0 saturated carbocycles. The normalized spacial score (nSPS) is 7.21. The van der Waals surface area contributed by atoms with Gasteiger partial charge in [-0.15, -0.1) is 6.42 Å². The van der Waals surface area contributed by atoms with Gasteiger partial charge in [-0.3, -0.25) is 9.59 Å². The minimum Gasteiger partial charge on any atom is -0.356 e. The summed E-state index contributed by atoms with van der Waals surface area (Å²) in [6, 6.07) is 6.46. The molecule has 1 aromatic carbocycles. The van der Waals surface area contributed by atoms with Crippen LogP contribution in [0.15, 0.2) is 29.4 Å². The van der Waals surface area contributed by atoms with Crippen LogP contribution in [0.5, 0.6) is 0 Å². The fraction of sp³-hybridized carbons (Fsp3) is 0.217. The molecule has 0 aliphatic rings. The van der Waals surface area contributed by atoms with Crippen LogP contribution in [0, 0.1) is 59.7 Å². The summed E-state index contributed by atoms with van der Waals surface area (Å²) in [4.78, 5) is 25.0. The van der Waals surface area contributed by atoms with E-state index in [-0.39, 0.29) is 11.7 Å². The van der Waals surface area contributed by atoms with E-state index >= 15 is 0 Å². The number of carbonyl (C=O) groups excluding carboxylic acids is 2. The van der Waals surface area contributed by atoms with E-state index < -0.39 is 0 Å². The summed E-state index contributed by atoms with van der Waals surface area (Å²) in [7, 11) is 0. The Morgan fingerprint density at radius 2 is 1.66 bits per heavy atom. The zero-order chi connectivity index (χ0) is 21.7. The highest BCUT2D eigenvalue weighted by atomic mass is 16.1. The molecule has 0 bridgehead atoms. The number of carbonyl (C=O) groups is 2. The molecule has 0 aliphatic carbocycles. The van der Waals surface area contributed by atoms with Gasteiger partial charge in [-0.1, -0.05) is 35.3 Å². The summed E-state index contributed by atoms with van der Waals surface area (Å²) in [5.41, 5.74) is 9.30. The number of nitrogens with zero attached hydrogens (tertiary/aromatic N) is 3. The van der Waals surface area contributed by atoms with Gasteiger partial charge in [0.05, 0.1) is 0 Å². The quantitative estimate of drug-likeness (QED) is 0.204. The fourth-order valence-electron chi connectivity index (χ4n) is 1.68. The summed E-state index contributed by atoms with van der Waals surface area (Å²) in [5, 5.41) is 6.06. The SMILES string of the molecule is C#CC#CC#CC#CC#CC.CC(=O)NCCCC(=O)c1ccc(N=[N+]=[N-])cc1. The van der Waals surface area contributed by atoms with E-state index in [1.165, 1.54) is 6.92 Å². The highest BCUT2D eigenvalue weighted by molar-refractivity contribution is 5.96. The molecule has 142 valence electrons. The second kappa shape index (κ2) is 16.9. The van der Waals surface area contributed by atoms with Crippen LogP contribution in [-0.2, 0) is 4.79 Å². The molecule has 0 atom stereocenters. The maximum atomic E-state index is 11.7. The Kier molecular flexibility index (Phi) is 14.3. The number of amides is 1. The maximum absolute atomic E-state index is 11.7. The van der Waals surface area contributed by atoms with Gasteiger partial charge in [0.15, 0.2) is 5.78 Å². The third-order valence-electron chi connectivity index (χ3n) is 2.88. The molecule has 0 aromatic heterocycles. The van der Waals surface area contributed by atoms with Crippen LogP contribution in [0.25, 0.3) is 10.4 Å². The Bertz CT molecular complexity index is 1040. The van der Waals surface area contributed by atoms with Gasteiger partial charge in [-0.2, -0.15) is 0 Å². The largest absolute Gasteiger partial charge is 0.356 e. The highest BCUT2D eigenvalue weighted by Gasteiger charge is 2.05. The van der Waals surface area contributed by atoms with Gasteiger partial charge in [0.25, 0.3) is 0 Å². The van der Waals surface area contributed by atoms with Gasteiger partial charge in [0.2, 0.25) is 5.91 Å². The molecule has 1 aromatic rings. The van der Waals surface area contributed by atoms with Gasteiger partial charge in [0.1, 0.15) is 0 Å². The van der Waals surface area contributed by atoms with Crippen molar-refractivity contribution < 1.29 is 9.59 Å². The van der Waals surface area contributed by atoms with E-state index in [0.717, 1.165) is 0 Å². The van der Waals surface area contributed by atoms with Crippen molar-refractivity contribution in [1.29, 1.82) is 0 Å². The third-order valence-corrected chi connectivity index (χ3v) is 2.88. The standard InChI is InChI=1S/C12H14N4O2.C11H4/c1-9(17)14-8-2-3-12(18)10-4-6-11(7-5-10)15-16-13;1-3-5-7-9-11-10-8-6-4-2/h4-7H,2-3,8H2,1H3,(H,14,17);1H,2H3. The zero-order valence-corrected chi connectivity index (χ0v) is 16.2. The molecule has 6 nitrogen and oxygen atoms in total. The first-order valence-corrected chi connectivity index (χ1v) is 8.35. The van der Waals surface area contributed by atoms with Crippen molar-refractivity contribution in [2.24, 2.45) is 5.11 Å². The van der Waals surface area contributed by atoms with Crippen LogP contribution in [0.2, 0.25) is 0 Å². The van der Waals surface area contributed by atoms with E-state index in [1.807, 2.05) is 0 Å². The predicted octanol–water partition coefficient (Wildman–Crippen LogP) is 3.38. The second-order valence-corrected chi connectivity index (χ2v) is 5.02. The first-order valence-electron chi connectivity index (χ1n) is 8.35. The van der Waals surface area contributed by atoms with E-state index in [1.54, 1.807) is 31.2 Å². The van der Waals surface area contributed by atoms with Gasteiger partial charge in [-0.05, 0) is 66.2 Å². The van der Waals surface area contributed by atoms with Crippen molar-refractivity contribution in [3.8, 4) is 59.7 Å². The molecular weight excluding hydrogens is 364 g/mol. The van der Waals surface area contributed by atoms with E-state index in [9.17, 15) is 9.59 Å². The molecule has 0 unspecified atom stereocenters. The highest BCUT2D eigenvalue weighted by Crippen LogP contribution is 2.14. The summed E-state index contributed by atoms with van der Waals surface area (Å²) in [5.74, 6) is 21.9. The molecule has 1 rings (SSSR count). The van der Waals surface area contributed by atoms with Gasteiger partial charge >= 0.3 is 0 Å². The average Bonchev–Trinajstić information content (AvgIpc) is 2.71. The smallest absolute Gasteiger partial charge is 0.216 e. The summed E-state index contributed by atoms with van der Waals surface area (Å²) in [6.07, 6.45) is 5.82. The molecule has 0 saturated heterocycles. The Hall–Kier alpha value is -4.53. The second-order valence-electron chi connectivity index (χ2n) is 5.02. The number of benzene rings is 1. The van der Waals surface area contributed by atoms with Gasteiger partial charge < -0.3 is 5.32 Å². The summed E-state index contributed by atoms with van der Waals surface area (Å²) in [6.45, 7) is 3.65. The molecule has 6 heteroatoms. The number of terminal acetylenes is 1. The predicted molar refractivity (Wildman–Crippen MR) is 113 cm³/mol. The van der Waals surface area contributed by atoms with E-state index in [0.29, 0.717) is 30.6 Å². The Morgan fingerprint density at radius 3 is 2.17 bits per heavy atom. The van der Waals surface area contributed by atoms with Crippen LogP contribution in [0.1, 0.15) is 37.0 Å². The molecule has 29 heavy (non-hydrogen) atoms. The lowest BCUT2D eigenvalue weighted by molar-refractivity contribution is -0.118. The monoisotopic (exact) mass is 382 g/mol. The lowest BCUT2D eigenvalue weighted by atomic mass is 10.1. The molecule has 1 N–H and O–H groups in total. The van der Waals surface area contributed by atoms with Crippen molar-refractivity contribution in [3.63, 3.8) is 0 Å². The Balaban J connectivity index is 0.000000614. The number of hydrogen-bond acceptors (Lipinski definition) is 3. The topological polar surface area (TPSA) is 94.9 Å². The van der Waals surface area contributed by atoms with Crippen LogP contribution < -0.4 is 5.32 Å². The van der Waals surface area contributed by atoms with Crippen LogP contribution >= 0.6 is 0 Å². The molecule has 0 spiro atoms. The number of hydrogen-bond donors (Lipinski definition) is 1. The Morgan fingerprint density at radius 1 is 1.07 bits per heavy atom. The van der Waals surface area contributed by atoms with E-state index in [4.69, 9.17) is 12.0 Å². The number of azide groups is 1.